The van der Waals surface area contributed by atoms with E-state index in [4.69, 9.17) is 14.2 Å². The second kappa shape index (κ2) is 7.31. The van der Waals surface area contributed by atoms with Crippen molar-refractivity contribution in [1.82, 2.24) is 4.98 Å². The average molecular weight is 266 g/mol. The van der Waals surface area contributed by atoms with E-state index >= 15 is 0 Å². The smallest absolute Gasteiger partial charge is 0.213 e. The van der Waals surface area contributed by atoms with Gasteiger partial charge in [-0.1, -0.05) is 0 Å². The Balaban J connectivity index is 1.72. The van der Waals surface area contributed by atoms with Crippen LogP contribution in [0.25, 0.3) is 0 Å². The first kappa shape index (κ1) is 14.1. The average Bonchev–Trinajstić information content (AvgIpc) is 2.84. The van der Waals surface area contributed by atoms with E-state index in [2.05, 4.69) is 17.2 Å². The van der Waals surface area contributed by atoms with Crippen LogP contribution >= 0.6 is 0 Å². The van der Waals surface area contributed by atoms with Gasteiger partial charge in [0.15, 0.2) is 0 Å². The summed E-state index contributed by atoms with van der Waals surface area (Å²) >= 11 is 0. The topological polar surface area (TPSA) is 52.6 Å². The first-order valence-electron chi connectivity index (χ1n) is 6.75. The molecular formula is C14H22N2O3. The van der Waals surface area contributed by atoms with Crippen molar-refractivity contribution in [2.75, 3.05) is 32.2 Å². The third-order valence-electron chi connectivity index (χ3n) is 3.13. The van der Waals surface area contributed by atoms with Crippen molar-refractivity contribution in [1.29, 1.82) is 0 Å². The Morgan fingerprint density at radius 1 is 1.37 bits per heavy atom. The lowest BCUT2D eigenvalue weighted by Gasteiger charge is -2.13. The lowest BCUT2D eigenvalue weighted by molar-refractivity contribution is 0.0637. The van der Waals surface area contributed by atoms with Gasteiger partial charge in [0.05, 0.1) is 30.7 Å². The summed E-state index contributed by atoms with van der Waals surface area (Å²) in [5.74, 6) is 0.619. The van der Waals surface area contributed by atoms with Gasteiger partial charge in [-0.15, -0.1) is 0 Å². The number of hydrogen-bond donors (Lipinski definition) is 1. The van der Waals surface area contributed by atoms with E-state index < -0.39 is 0 Å². The number of aromatic nitrogens is 1. The molecule has 1 aromatic heterocycles. The Morgan fingerprint density at radius 3 is 2.89 bits per heavy atom. The number of pyridine rings is 1. The molecule has 1 aromatic rings. The van der Waals surface area contributed by atoms with Gasteiger partial charge in [0.2, 0.25) is 5.88 Å². The highest BCUT2D eigenvalue weighted by Gasteiger charge is 2.21. The molecule has 5 nitrogen and oxygen atoms in total. The standard InChI is InChI=1S/C14H22N2O3/c1-11-3-5-13(19-11)10-15-12-4-6-14(16-9-12)18-8-7-17-2/h4,6,9,11,13,15H,3,5,7-8,10H2,1-2H3. The van der Waals surface area contributed by atoms with E-state index in [-0.39, 0.29) is 0 Å². The maximum atomic E-state index is 5.75. The van der Waals surface area contributed by atoms with E-state index in [9.17, 15) is 0 Å². The molecule has 0 bridgehead atoms. The van der Waals surface area contributed by atoms with Gasteiger partial charge in [-0.25, -0.2) is 4.98 Å². The van der Waals surface area contributed by atoms with Crippen molar-refractivity contribution in [3.8, 4) is 5.88 Å². The van der Waals surface area contributed by atoms with Crippen molar-refractivity contribution in [3.63, 3.8) is 0 Å². The third-order valence-corrected chi connectivity index (χ3v) is 3.13. The first-order valence-corrected chi connectivity index (χ1v) is 6.75. The third kappa shape index (κ3) is 4.69. The number of ether oxygens (including phenoxy) is 3. The summed E-state index contributed by atoms with van der Waals surface area (Å²) in [6.45, 7) is 4.03. The van der Waals surface area contributed by atoms with Crippen LogP contribution in [0.4, 0.5) is 5.69 Å². The van der Waals surface area contributed by atoms with Gasteiger partial charge in [-0.05, 0) is 25.8 Å². The van der Waals surface area contributed by atoms with Crippen LogP contribution in [0.15, 0.2) is 18.3 Å². The molecule has 106 valence electrons. The Bertz CT molecular complexity index is 369. The van der Waals surface area contributed by atoms with Crippen LogP contribution in [-0.2, 0) is 9.47 Å². The molecule has 2 unspecified atom stereocenters. The van der Waals surface area contributed by atoms with Crippen molar-refractivity contribution < 1.29 is 14.2 Å². The molecule has 1 N–H and O–H groups in total. The van der Waals surface area contributed by atoms with Gasteiger partial charge in [0.25, 0.3) is 0 Å². The molecule has 0 amide bonds. The molecule has 1 saturated heterocycles. The number of hydrogen-bond acceptors (Lipinski definition) is 5. The molecular weight excluding hydrogens is 244 g/mol. The molecule has 0 aromatic carbocycles. The summed E-state index contributed by atoms with van der Waals surface area (Å²) < 4.78 is 16.1. The van der Waals surface area contributed by atoms with Gasteiger partial charge < -0.3 is 19.5 Å². The molecule has 1 aliphatic rings. The fourth-order valence-electron chi connectivity index (χ4n) is 2.07. The molecule has 2 atom stereocenters. The van der Waals surface area contributed by atoms with E-state index in [1.165, 1.54) is 0 Å². The van der Waals surface area contributed by atoms with Gasteiger partial charge in [-0.3, -0.25) is 0 Å². The SMILES string of the molecule is COCCOc1ccc(NCC2CCC(C)O2)cn1. The predicted molar refractivity (Wildman–Crippen MR) is 73.7 cm³/mol. The van der Waals surface area contributed by atoms with Crippen LogP contribution in [0, 0.1) is 0 Å². The van der Waals surface area contributed by atoms with Crippen molar-refractivity contribution in [2.24, 2.45) is 0 Å². The molecule has 2 rings (SSSR count). The maximum absolute atomic E-state index is 5.75. The molecule has 0 aliphatic carbocycles. The molecule has 19 heavy (non-hydrogen) atoms. The number of nitrogens with one attached hydrogen (secondary N) is 1. The zero-order valence-corrected chi connectivity index (χ0v) is 11.6. The van der Waals surface area contributed by atoms with Crippen molar-refractivity contribution >= 4 is 5.69 Å². The van der Waals surface area contributed by atoms with E-state index in [1.54, 1.807) is 13.3 Å². The van der Waals surface area contributed by atoms with Crippen molar-refractivity contribution in [3.05, 3.63) is 18.3 Å². The minimum absolute atomic E-state index is 0.313. The van der Waals surface area contributed by atoms with Crippen LogP contribution in [-0.4, -0.2) is 44.1 Å². The quantitative estimate of drug-likeness (QED) is 0.766. The molecule has 0 radical (unpaired) electrons. The Hall–Kier alpha value is -1.33. The van der Waals surface area contributed by atoms with E-state index in [0.29, 0.717) is 31.3 Å². The zero-order chi connectivity index (χ0) is 13.5. The summed E-state index contributed by atoms with van der Waals surface area (Å²) in [4.78, 5) is 4.23. The highest BCUT2D eigenvalue weighted by molar-refractivity contribution is 5.42. The molecule has 2 heterocycles. The van der Waals surface area contributed by atoms with Crippen molar-refractivity contribution in [2.45, 2.75) is 32.0 Å². The molecule has 1 fully saturated rings. The summed E-state index contributed by atoms with van der Waals surface area (Å²) in [6.07, 6.45) is 4.76. The number of nitrogens with zero attached hydrogens (tertiary/aromatic N) is 1. The zero-order valence-electron chi connectivity index (χ0n) is 11.6. The summed E-state index contributed by atoms with van der Waals surface area (Å²) in [7, 11) is 1.65. The molecule has 5 heteroatoms. The first-order chi connectivity index (χ1) is 9.28. The highest BCUT2D eigenvalue weighted by atomic mass is 16.5. The summed E-state index contributed by atoms with van der Waals surface area (Å²) in [5, 5.41) is 3.33. The second-order valence-corrected chi connectivity index (χ2v) is 4.75. The predicted octanol–water partition coefficient (Wildman–Crippen LogP) is 2.09. The number of anilines is 1. The van der Waals surface area contributed by atoms with Crippen LogP contribution in [0.1, 0.15) is 19.8 Å². The minimum Gasteiger partial charge on any atom is -0.475 e. The van der Waals surface area contributed by atoms with Crippen LogP contribution in [0.2, 0.25) is 0 Å². The number of methoxy groups -OCH3 is 1. The second-order valence-electron chi connectivity index (χ2n) is 4.75. The van der Waals surface area contributed by atoms with Crippen LogP contribution < -0.4 is 10.1 Å². The Kier molecular flexibility index (Phi) is 5.42. The molecule has 1 aliphatic heterocycles. The normalized spacial score (nSPS) is 22.4. The van der Waals surface area contributed by atoms with Gasteiger partial charge >= 0.3 is 0 Å². The fraction of sp³-hybridized carbons (Fsp3) is 0.643. The van der Waals surface area contributed by atoms with Crippen LogP contribution in [0.3, 0.4) is 0 Å². The Morgan fingerprint density at radius 2 is 2.26 bits per heavy atom. The minimum atomic E-state index is 0.313. The highest BCUT2D eigenvalue weighted by Crippen LogP contribution is 2.19. The Labute approximate surface area is 114 Å². The molecule has 0 saturated carbocycles. The lowest BCUT2D eigenvalue weighted by Crippen LogP contribution is -2.19. The van der Waals surface area contributed by atoms with E-state index in [1.807, 2.05) is 12.1 Å². The van der Waals surface area contributed by atoms with Gasteiger partial charge in [-0.2, -0.15) is 0 Å². The van der Waals surface area contributed by atoms with E-state index in [0.717, 1.165) is 25.1 Å². The molecule has 0 spiro atoms. The monoisotopic (exact) mass is 266 g/mol. The summed E-state index contributed by atoms with van der Waals surface area (Å²) in [5.41, 5.74) is 0.988. The fourth-order valence-corrected chi connectivity index (χ4v) is 2.07. The largest absolute Gasteiger partial charge is 0.475 e. The van der Waals surface area contributed by atoms with Crippen LogP contribution in [0.5, 0.6) is 5.88 Å². The van der Waals surface area contributed by atoms with Gasteiger partial charge in [0, 0.05) is 19.7 Å². The number of rotatable bonds is 7. The van der Waals surface area contributed by atoms with Gasteiger partial charge in [0.1, 0.15) is 6.61 Å². The lowest BCUT2D eigenvalue weighted by atomic mass is 10.2. The maximum Gasteiger partial charge on any atom is 0.213 e. The summed E-state index contributed by atoms with van der Waals surface area (Å²) in [6, 6.07) is 3.82.